The minimum Gasteiger partial charge on any atom is -0.383 e. The van der Waals surface area contributed by atoms with E-state index in [2.05, 4.69) is 0 Å². The standard InChI is InChI=1S/C12H13NO.C2H6/c1-13(2)8-10-7-9-5-3-4-6-11(9)12(10)14;1-2/h3-6,8H,7H2,1-2H3;1-2H3/b10-8+;. The number of carbonyl (C=O) groups excluding carboxylic acids is 1. The highest BCUT2D eigenvalue weighted by atomic mass is 16.1. The third kappa shape index (κ3) is 2.51. The van der Waals surface area contributed by atoms with Gasteiger partial charge in [-0.15, -0.1) is 0 Å². The van der Waals surface area contributed by atoms with E-state index in [4.69, 9.17) is 0 Å². The van der Waals surface area contributed by atoms with Gasteiger partial charge in [0.25, 0.3) is 0 Å². The summed E-state index contributed by atoms with van der Waals surface area (Å²) in [6.45, 7) is 4.00. The van der Waals surface area contributed by atoms with Crippen LogP contribution in [0.15, 0.2) is 36.0 Å². The third-order valence-electron chi connectivity index (χ3n) is 2.35. The molecule has 2 heteroatoms. The molecular weight excluding hydrogens is 198 g/mol. The van der Waals surface area contributed by atoms with Gasteiger partial charge in [0, 0.05) is 37.9 Å². The molecule has 0 saturated heterocycles. The van der Waals surface area contributed by atoms with E-state index in [9.17, 15) is 4.79 Å². The summed E-state index contributed by atoms with van der Waals surface area (Å²) in [6.07, 6.45) is 2.68. The van der Waals surface area contributed by atoms with Gasteiger partial charge >= 0.3 is 0 Å². The zero-order valence-electron chi connectivity index (χ0n) is 10.4. The van der Waals surface area contributed by atoms with Crippen LogP contribution in [0.5, 0.6) is 0 Å². The Kier molecular flexibility index (Phi) is 4.29. The van der Waals surface area contributed by atoms with E-state index in [1.807, 2.05) is 63.3 Å². The SMILES string of the molecule is CC.CN(C)/C=C1\Cc2ccccc2C1=O. The Balaban J connectivity index is 0.000000606. The zero-order valence-corrected chi connectivity index (χ0v) is 10.4. The maximum Gasteiger partial charge on any atom is 0.191 e. The molecule has 0 spiro atoms. The number of allylic oxidation sites excluding steroid dienone is 1. The maximum atomic E-state index is 11.8. The van der Waals surface area contributed by atoms with Crippen molar-refractivity contribution in [1.29, 1.82) is 0 Å². The summed E-state index contributed by atoms with van der Waals surface area (Å²) < 4.78 is 0. The smallest absolute Gasteiger partial charge is 0.191 e. The molecule has 1 aromatic rings. The van der Waals surface area contributed by atoms with Crippen LogP contribution in [-0.2, 0) is 6.42 Å². The second kappa shape index (κ2) is 5.50. The number of Topliss-reactive ketones (excluding diaryl/α,β-unsaturated/α-hetero) is 1. The number of benzene rings is 1. The Labute approximate surface area is 97.6 Å². The molecule has 0 amide bonds. The molecule has 16 heavy (non-hydrogen) atoms. The predicted molar refractivity (Wildman–Crippen MR) is 67.6 cm³/mol. The van der Waals surface area contributed by atoms with Gasteiger partial charge in [0.1, 0.15) is 0 Å². The van der Waals surface area contributed by atoms with Crippen molar-refractivity contribution >= 4 is 5.78 Å². The quantitative estimate of drug-likeness (QED) is 0.674. The first-order chi connectivity index (χ1) is 7.68. The van der Waals surface area contributed by atoms with Crippen LogP contribution in [0.1, 0.15) is 29.8 Å². The van der Waals surface area contributed by atoms with Crippen LogP contribution < -0.4 is 0 Å². The van der Waals surface area contributed by atoms with E-state index < -0.39 is 0 Å². The van der Waals surface area contributed by atoms with Crippen molar-refractivity contribution in [3.05, 3.63) is 47.2 Å². The first kappa shape index (κ1) is 12.5. The summed E-state index contributed by atoms with van der Waals surface area (Å²) in [7, 11) is 3.87. The fourth-order valence-electron chi connectivity index (χ4n) is 1.77. The monoisotopic (exact) mass is 217 g/mol. The molecule has 0 atom stereocenters. The zero-order chi connectivity index (χ0) is 12.1. The second-order valence-corrected chi connectivity index (χ2v) is 3.78. The second-order valence-electron chi connectivity index (χ2n) is 3.78. The van der Waals surface area contributed by atoms with Crippen molar-refractivity contribution in [2.45, 2.75) is 20.3 Å². The molecule has 2 nitrogen and oxygen atoms in total. The van der Waals surface area contributed by atoms with Crippen molar-refractivity contribution in [2.24, 2.45) is 0 Å². The molecule has 0 aliphatic heterocycles. The summed E-state index contributed by atoms with van der Waals surface area (Å²) >= 11 is 0. The number of ketones is 1. The van der Waals surface area contributed by atoms with E-state index >= 15 is 0 Å². The van der Waals surface area contributed by atoms with Gasteiger partial charge in [-0.25, -0.2) is 0 Å². The highest BCUT2D eigenvalue weighted by Gasteiger charge is 2.23. The molecule has 0 radical (unpaired) electrons. The molecule has 0 heterocycles. The number of fused-ring (bicyclic) bond motifs is 1. The van der Waals surface area contributed by atoms with Crippen molar-refractivity contribution in [1.82, 2.24) is 4.90 Å². The lowest BCUT2D eigenvalue weighted by molar-refractivity contribution is 0.103. The van der Waals surface area contributed by atoms with Gasteiger partial charge in [0.15, 0.2) is 5.78 Å². The number of hydrogen-bond acceptors (Lipinski definition) is 2. The summed E-state index contributed by atoms with van der Waals surface area (Å²) in [5.41, 5.74) is 2.89. The highest BCUT2D eigenvalue weighted by Crippen LogP contribution is 2.25. The predicted octanol–water partition coefficient (Wildman–Crippen LogP) is 2.90. The van der Waals surface area contributed by atoms with E-state index in [1.54, 1.807) is 0 Å². The number of carbonyl (C=O) groups is 1. The van der Waals surface area contributed by atoms with E-state index in [-0.39, 0.29) is 5.78 Å². The lowest BCUT2D eigenvalue weighted by atomic mass is 10.1. The highest BCUT2D eigenvalue weighted by molar-refractivity contribution is 6.13. The van der Waals surface area contributed by atoms with E-state index in [0.29, 0.717) is 0 Å². The molecule has 0 unspecified atom stereocenters. The summed E-state index contributed by atoms with van der Waals surface area (Å²) in [4.78, 5) is 13.8. The van der Waals surface area contributed by atoms with Gasteiger partial charge in [0.05, 0.1) is 0 Å². The van der Waals surface area contributed by atoms with Crippen LogP contribution in [-0.4, -0.2) is 24.8 Å². The van der Waals surface area contributed by atoms with E-state index in [1.165, 1.54) is 0 Å². The van der Waals surface area contributed by atoms with Crippen molar-refractivity contribution in [2.75, 3.05) is 14.1 Å². The van der Waals surface area contributed by atoms with Crippen molar-refractivity contribution in [3.8, 4) is 0 Å². The molecule has 0 saturated carbocycles. The Hall–Kier alpha value is -1.57. The van der Waals surface area contributed by atoms with Crippen LogP contribution in [0.4, 0.5) is 0 Å². The van der Waals surface area contributed by atoms with Crippen LogP contribution in [0.25, 0.3) is 0 Å². The Morgan fingerprint density at radius 3 is 2.38 bits per heavy atom. The fourth-order valence-corrected chi connectivity index (χ4v) is 1.77. The summed E-state index contributed by atoms with van der Waals surface area (Å²) in [6, 6.07) is 7.80. The number of hydrogen-bond donors (Lipinski definition) is 0. The average Bonchev–Trinajstić information content (AvgIpc) is 2.59. The largest absolute Gasteiger partial charge is 0.383 e. The third-order valence-corrected chi connectivity index (χ3v) is 2.35. The maximum absolute atomic E-state index is 11.8. The minimum atomic E-state index is 0.175. The van der Waals surface area contributed by atoms with Gasteiger partial charge < -0.3 is 4.90 Å². The molecule has 1 aliphatic carbocycles. The Morgan fingerprint density at radius 2 is 1.81 bits per heavy atom. The molecule has 0 bridgehead atoms. The van der Waals surface area contributed by atoms with Gasteiger partial charge in [0.2, 0.25) is 0 Å². The average molecular weight is 217 g/mol. The lowest BCUT2D eigenvalue weighted by Crippen LogP contribution is -2.06. The molecule has 0 fully saturated rings. The topological polar surface area (TPSA) is 20.3 Å². The molecule has 86 valence electrons. The molecule has 0 N–H and O–H groups in total. The number of rotatable bonds is 1. The van der Waals surface area contributed by atoms with Crippen molar-refractivity contribution < 1.29 is 4.79 Å². The molecule has 2 rings (SSSR count). The van der Waals surface area contributed by atoms with Gasteiger partial charge in [-0.1, -0.05) is 38.1 Å². The molecule has 1 aromatic carbocycles. The van der Waals surface area contributed by atoms with Gasteiger partial charge in [-0.05, 0) is 5.56 Å². The van der Waals surface area contributed by atoms with Crippen LogP contribution in [0.3, 0.4) is 0 Å². The first-order valence-electron chi connectivity index (χ1n) is 5.68. The van der Waals surface area contributed by atoms with E-state index in [0.717, 1.165) is 23.1 Å². The normalized spacial score (nSPS) is 15.5. The van der Waals surface area contributed by atoms with Gasteiger partial charge in [-0.2, -0.15) is 0 Å². The lowest BCUT2D eigenvalue weighted by Gasteiger charge is -2.05. The molecule has 1 aliphatic rings. The minimum absolute atomic E-state index is 0.175. The molecular formula is C14H19NO. The Bertz CT molecular complexity index is 405. The van der Waals surface area contributed by atoms with Crippen LogP contribution in [0, 0.1) is 0 Å². The first-order valence-corrected chi connectivity index (χ1v) is 5.68. The fraction of sp³-hybridized carbons (Fsp3) is 0.357. The summed E-state index contributed by atoms with van der Waals surface area (Å²) in [5, 5.41) is 0. The van der Waals surface area contributed by atoms with Crippen molar-refractivity contribution in [3.63, 3.8) is 0 Å². The molecule has 0 aromatic heterocycles. The number of nitrogens with zero attached hydrogens (tertiary/aromatic N) is 1. The van der Waals surface area contributed by atoms with Gasteiger partial charge in [-0.3, -0.25) is 4.79 Å². The van der Waals surface area contributed by atoms with Crippen LogP contribution in [0.2, 0.25) is 0 Å². The summed E-state index contributed by atoms with van der Waals surface area (Å²) in [5.74, 6) is 0.175. The van der Waals surface area contributed by atoms with Crippen LogP contribution >= 0.6 is 0 Å². The Morgan fingerprint density at radius 1 is 1.19 bits per heavy atom.